The zero-order chi connectivity index (χ0) is 13.8. The molecule has 3 N–H and O–H groups in total. The lowest BCUT2D eigenvalue weighted by Gasteiger charge is -2.18. The van der Waals surface area contributed by atoms with E-state index in [-0.39, 0.29) is 24.1 Å². The second-order valence-corrected chi connectivity index (χ2v) is 4.51. The molecular formula is C13H17N3O3. The van der Waals surface area contributed by atoms with Crippen LogP contribution in [0.5, 0.6) is 5.75 Å². The first-order chi connectivity index (χ1) is 9.15. The van der Waals surface area contributed by atoms with E-state index in [1.54, 1.807) is 12.0 Å². The van der Waals surface area contributed by atoms with Gasteiger partial charge in [0.05, 0.1) is 7.11 Å². The Balaban J connectivity index is 2.10. The van der Waals surface area contributed by atoms with Crippen LogP contribution in [0.1, 0.15) is 12.0 Å². The number of methoxy groups -OCH3 is 1. The standard InChI is InChI=1S/C13H17N3O3/c1-19-11-5-3-2-4-9(11)7-16-8-10(6-12(16)17)13(14)15-18/h2-5,10,18H,6-8H2,1H3,(H2,14,15). The van der Waals surface area contributed by atoms with Crippen LogP contribution in [0.3, 0.4) is 0 Å². The number of benzene rings is 1. The molecule has 1 heterocycles. The van der Waals surface area contributed by atoms with Crippen LogP contribution in [0.25, 0.3) is 0 Å². The van der Waals surface area contributed by atoms with E-state index in [2.05, 4.69) is 5.16 Å². The molecule has 0 aliphatic carbocycles. The van der Waals surface area contributed by atoms with Crippen molar-refractivity contribution in [3.63, 3.8) is 0 Å². The van der Waals surface area contributed by atoms with Crippen molar-refractivity contribution >= 4 is 11.7 Å². The van der Waals surface area contributed by atoms with E-state index >= 15 is 0 Å². The Morgan fingerprint density at radius 3 is 3.00 bits per heavy atom. The first kappa shape index (κ1) is 13.2. The molecule has 1 atom stereocenters. The zero-order valence-corrected chi connectivity index (χ0v) is 10.7. The normalized spacial score (nSPS) is 19.8. The third-order valence-electron chi connectivity index (χ3n) is 3.30. The van der Waals surface area contributed by atoms with E-state index in [0.29, 0.717) is 13.1 Å². The molecule has 1 amide bonds. The van der Waals surface area contributed by atoms with E-state index in [1.165, 1.54) is 0 Å². The SMILES string of the molecule is COc1ccccc1CN1CC(C(N)=NO)CC1=O. The second-order valence-electron chi connectivity index (χ2n) is 4.51. The molecule has 1 fully saturated rings. The van der Waals surface area contributed by atoms with Crippen LogP contribution >= 0.6 is 0 Å². The second kappa shape index (κ2) is 5.60. The van der Waals surface area contributed by atoms with E-state index in [0.717, 1.165) is 11.3 Å². The molecule has 0 bridgehead atoms. The number of rotatable bonds is 4. The maximum absolute atomic E-state index is 11.9. The van der Waals surface area contributed by atoms with E-state index in [1.807, 2.05) is 24.3 Å². The Bertz CT molecular complexity index is 502. The van der Waals surface area contributed by atoms with Gasteiger partial charge in [-0.15, -0.1) is 0 Å². The Labute approximate surface area is 111 Å². The third kappa shape index (κ3) is 2.78. The molecule has 1 aliphatic heterocycles. The van der Waals surface area contributed by atoms with Gasteiger partial charge in [0, 0.05) is 31.0 Å². The van der Waals surface area contributed by atoms with Crippen molar-refractivity contribution in [1.29, 1.82) is 0 Å². The van der Waals surface area contributed by atoms with Gasteiger partial charge < -0.3 is 20.6 Å². The lowest BCUT2D eigenvalue weighted by atomic mass is 10.1. The number of oxime groups is 1. The van der Waals surface area contributed by atoms with Crippen molar-refractivity contribution < 1.29 is 14.7 Å². The summed E-state index contributed by atoms with van der Waals surface area (Å²) in [6.07, 6.45) is 0.283. The average Bonchev–Trinajstić information content (AvgIpc) is 2.80. The van der Waals surface area contributed by atoms with Crippen LogP contribution in [0, 0.1) is 5.92 Å². The Hall–Kier alpha value is -2.24. The molecule has 0 saturated carbocycles. The summed E-state index contributed by atoms with van der Waals surface area (Å²) in [5.74, 6) is 0.646. The molecule has 1 saturated heterocycles. The highest BCUT2D eigenvalue weighted by Crippen LogP contribution is 2.24. The summed E-state index contributed by atoms with van der Waals surface area (Å²) in [4.78, 5) is 13.6. The molecule has 1 aromatic carbocycles. The predicted octanol–water partition coefficient (Wildman–Crippen LogP) is 0.790. The summed E-state index contributed by atoms with van der Waals surface area (Å²) in [5.41, 5.74) is 6.49. The van der Waals surface area contributed by atoms with Crippen molar-refractivity contribution in [2.75, 3.05) is 13.7 Å². The number of amidine groups is 1. The first-order valence-corrected chi connectivity index (χ1v) is 6.02. The fourth-order valence-corrected chi connectivity index (χ4v) is 2.24. The topological polar surface area (TPSA) is 88.2 Å². The van der Waals surface area contributed by atoms with Crippen LogP contribution in [-0.2, 0) is 11.3 Å². The van der Waals surface area contributed by atoms with E-state index < -0.39 is 0 Å². The number of nitrogens with two attached hydrogens (primary N) is 1. The summed E-state index contributed by atoms with van der Waals surface area (Å²) in [5, 5.41) is 11.6. The van der Waals surface area contributed by atoms with Gasteiger partial charge in [-0.2, -0.15) is 0 Å². The molecule has 1 aliphatic rings. The van der Waals surface area contributed by atoms with Gasteiger partial charge in [0.15, 0.2) is 0 Å². The summed E-state index contributed by atoms with van der Waals surface area (Å²) in [7, 11) is 1.60. The molecule has 0 radical (unpaired) electrons. The van der Waals surface area contributed by atoms with Crippen LogP contribution < -0.4 is 10.5 Å². The summed E-state index contributed by atoms with van der Waals surface area (Å²) in [6, 6.07) is 7.56. The minimum absolute atomic E-state index is 0.00232. The summed E-state index contributed by atoms with van der Waals surface area (Å²) < 4.78 is 5.26. The van der Waals surface area contributed by atoms with Crippen molar-refractivity contribution in [1.82, 2.24) is 4.90 Å². The van der Waals surface area contributed by atoms with Gasteiger partial charge in [0.2, 0.25) is 5.91 Å². The van der Waals surface area contributed by atoms with E-state index in [4.69, 9.17) is 15.7 Å². The zero-order valence-electron chi connectivity index (χ0n) is 10.7. The number of nitrogens with zero attached hydrogens (tertiary/aromatic N) is 2. The highest BCUT2D eigenvalue weighted by Gasteiger charge is 2.32. The number of ether oxygens (including phenoxy) is 1. The smallest absolute Gasteiger partial charge is 0.223 e. The monoisotopic (exact) mass is 263 g/mol. The Morgan fingerprint density at radius 2 is 2.32 bits per heavy atom. The Morgan fingerprint density at radius 1 is 1.58 bits per heavy atom. The number of carbonyl (C=O) groups is 1. The molecule has 2 rings (SSSR count). The fourth-order valence-electron chi connectivity index (χ4n) is 2.24. The average molecular weight is 263 g/mol. The molecule has 102 valence electrons. The van der Waals surface area contributed by atoms with Gasteiger partial charge in [0.25, 0.3) is 0 Å². The number of hydrogen-bond donors (Lipinski definition) is 2. The number of hydrogen-bond acceptors (Lipinski definition) is 4. The summed E-state index contributed by atoms with van der Waals surface area (Å²) >= 11 is 0. The van der Waals surface area contributed by atoms with Crippen molar-refractivity contribution in [3.8, 4) is 5.75 Å². The van der Waals surface area contributed by atoms with Crippen molar-refractivity contribution in [2.45, 2.75) is 13.0 Å². The lowest BCUT2D eigenvalue weighted by molar-refractivity contribution is -0.128. The highest BCUT2D eigenvalue weighted by molar-refractivity contribution is 5.91. The molecule has 6 nitrogen and oxygen atoms in total. The fraction of sp³-hybridized carbons (Fsp3) is 0.385. The molecule has 6 heteroatoms. The molecule has 0 aromatic heterocycles. The van der Waals surface area contributed by atoms with Crippen LogP contribution in [0.2, 0.25) is 0 Å². The number of para-hydroxylation sites is 1. The van der Waals surface area contributed by atoms with Gasteiger partial charge >= 0.3 is 0 Å². The number of amides is 1. The van der Waals surface area contributed by atoms with Gasteiger partial charge in [-0.25, -0.2) is 0 Å². The molecule has 1 unspecified atom stereocenters. The first-order valence-electron chi connectivity index (χ1n) is 6.02. The van der Waals surface area contributed by atoms with Crippen LogP contribution in [-0.4, -0.2) is 35.5 Å². The number of carbonyl (C=O) groups excluding carboxylic acids is 1. The van der Waals surface area contributed by atoms with Gasteiger partial charge in [-0.3, -0.25) is 4.79 Å². The minimum Gasteiger partial charge on any atom is -0.496 e. The predicted molar refractivity (Wildman–Crippen MR) is 69.9 cm³/mol. The molecule has 1 aromatic rings. The highest BCUT2D eigenvalue weighted by atomic mass is 16.5. The van der Waals surface area contributed by atoms with E-state index in [9.17, 15) is 4.79 Å². The summed E-state index contributed by atoms with van der Waals surface area (Å²) in [6.45, 7) is 0.935. The van der Waals surface area contributed by atoms with Crippen LogP contribution in [0.4, 0.5) is 0 Å². The lowest BCUT2D eigenvalue weighted by Crippen LogP contribution is -2.28. The maximum atomic E-state index is 11.9. The largest absolute Gasteiger partial charge is 0.496 e. The van der Waals surface area contributed by atoms with Crippen molar-refractivity contribution in [3.05, 3.63) is 29.8 Å². The number of likely N-dealkylation sites (tertiary alicyclic amines) is 1. The third-order valence-corrected chi connectivity index (χ3v) is 3.30. The van der Waals surface area contributed by atoms with Crippen molar-refractivity contribution in [2.24, 2.45) is 16.8 Å². The molecular weight excluding hydrogens is 246 g/mol. The molecule has 19 heavy (non-hydrogen) atoms. The van der Waals surface area contributed by atoms with Gasteiger partial charge in [-0.05, 0) is 6.07 Å². The van der Waals surface area contributed by atoms with Gasteiger partial charge in [0.1, 0.15) is 11.6 Å². The van der Waals surface area contributed by atoms with Gasteiger partial charge in [-0.1, -0.05) is 23.4 Å². The minimum atomic E-state index is -0.216. The quantitative estimate of drug-likeness (QED) is 0.364. The molecule has 0 spiro atoms. The Kier molecular flexibility index (Phi) is 3.89. The van der Waals surface area contributed by atoms with Crippen LogP contribution in [0.15, 0.2) is 29.4 Å². The maximum Gasteiger partial charge on any atom is 0.223 e.